The quantitative estimate of drug-likeness (QED) is 0.442. The molecule has 1 aromatic carbocycles. The third-order valence-corrected chi connectivity index (χ3v) is 4.23. The minimum absolute atomic E-state index is 0.284. The number of esters is 1. The summed E-state index contributed by atoms with van der Waals surface area (Å²) in [7, 11) is 0. The van der Waals surface area contributed by atoms with Gasteiger partial charge in [0.15, 0.2) is 0 Å². The van der Waals surface area contributed by atoms with E-state index in [0.29, 0.717) is 23.7 Å². The first kappa shape index (κ1) is 18.6. The fraction of sp³-hybridized carbons (Fsp3) is 0.286. The molecule has 0 spiro atoms. The summed E-state index contributed by atoms with van der Waals surface area (Å²) in [5.41, 5.74) is 3.19. The molecule has 0 N–H and O–H groups in total. The Labute approximate surface area is 158 Å². The Morgan fingerprint density at radius 2 is 2.00 bits per heavy atom. The molecule has 2 aromatic heterocycles. The lowest BCUT2D eigenvalue weighted by atomic mass is 10.1. The molecule has 3 aromatic rings. The van der Waals surface area contributed by atoms with Gasteiger partial charge in [-0.15, -0.1) is 0 Å². The smallest absolute Gasteiger partial charge is 0.341 e. The van der Waals surface area contributed by atoms with Gasteiger partial charge in [0.2, 0.25) is 0 Å². The average Bonchev–Trinajstić information content (AvgIpc) is 3.02. The number of hydrogen-bond donors (Lipinski definition) is 0. The maximum atomic E-state index is 12.4. The number of para-hydroxylation sites is 1. The van der Waals surface area contributed by atoms with E-state index in [0.717, 1.165) is 29.7 Å². The largest absolute Gasteiger partial charge is 0.488 e. The van der Waals surface area contributed by atoms with Crippen molar-refractivity contribution in [3.05, 3.63) is 76.9 Å². The van der Waals surface area contributed by atoms with Crippen LogP contribution < -0.4 is 4.74 Å². The number of pyridine rings is 1. The van der Waals surface area contributed by atoms with Gasteiger partial charge >= 0.3 is 5.97 Å². The number of benzene rings is 1. The molecule has 0 atom stereocenters. The zero-order chi connectivity index (χ0) is 19.1. The molecule has 0 saturated heterocycles. The van der Waals surface area contributed by atoms with E-state index in [1.807, 2.05) is 38.2 Å². The van der Waals surface area contributed by atoms with Crippen molar-refractivity contribution >= 4 is 5.97 Å². The van der Waals surface area contributed by atoms with Crippen LogP contribution in [0.25, 0.3) is 0 Å². The minimum atomic E-state index is -0.393. The normalized spacial score (nSPS) is 10.6. The van der Waals surface area contributed by atoms with E-state index in [-0.39, 0.29) is 6.61 Å². The second kappa shape index (κ2) is 8.98. The van der Waals surface area contributed by atoms with Crippen molar-refractivity contribution in [3.8, 4) is 5.75 Å². The summed E-state index contributed by atoms with van der Waals surface area (Å²) < 4.78 is 16.4. The van der Waals surface area contributed by atoms with Gasteiger partial charge in [0.25, 0.3) is 0 Å². The summed E-state index contributed by atoms with van der Waals surface area (Å²) in [5.74, 6) is 0.799. The van der Waals surface area contributed by atoms with Gasteiger partial charge < -0.3 is 14.0 Å². The third-order valence-electron chi connectivity index (χ3n) is 4.23. The van der Waals surface area contributed by atoms with Crippen LogP contribution in [0.15, 0.2) is 53.3 Å². The highest BCUT2D eigenvalue weighted by Gasteiger charge is 2.15. The number of ether oxygens (including phenoxy) is 2. The zero-order valence-electron chi connectivity index (χ0n) is 15.5. The molecular formula is C21H22N2O4. The van der Waals surface area contributed by atoms with Crippen molar-refractivity contribution in [1.82, 2.24) is 10.1 Å². The van der Waals surface area contributed by atoms with Gasteiger partial charge in [-0.3, -0.25) is 4.98 Å². The summed E-state index contributed by atoms with van der Waals surface area (Å²) >= 11 is 0. The van der Waals surface area contributed by atoms with Crippen LogP contribution in [0.5, 0.6) is 5.75 Å². The number of hydrogen-bond acceptors (Lipinski definition) is 6. The molecule has 0 fully saturated rings. The molecule has 0 saturated carbocycles. The van der Waals surface area contributed by atoms with E-state index in [4.69, 9.17) is 14.0 Å². The van der Waals surface area contributed by atoms with Gasteiger partial charge in [-0.05, 0) is 50.5 Å². The highest BCUT2D eigenvalue weighted by Crippen LogP contribution is 2.22. The van der Waals surface area contributed by atoms with Crippen LogP contribution in [0, 0.1) is 13.8 Å². The lowest BCUT2D eigenvalue weighted by Gasteiger charge is -2.11. The molecule has 0 unspecified atom stereocenters. The summed E-state index contributed by atoms with van der Waals surface area (Å²) in [6, 6.07) is 11.0. The van der Waals surface area contributed by atoms with Crippen molar-refractivity contribution < 1.29 is 18.8 Å². The van der Waals surface area contributed by atoms with E-state index in [1.54, 1.807) is 24.4 Å². The Hall–Kier alpha value is -3.15. The van der Waals surface area contributed by atoms with Crippen molar-refractivity contribution in [3.63, 3.8) is 0 Å². The second-order valence-corrected chi connectivity index (χ2v) is 6.19. The number of aryl methyl sites for hydroxylation is 3. The first-order valence-electron chi connectivity index (χ1n) is 8.84. The van der Waals surface area contributed by atoms with Crippen LogP contribution >= 0.6 is 0 Å². The van der Waals surface area contributed by atoms with Crippen LogP contribution in [0.4, 0.5) is 0 Å². The maximum absolute atomic E-state index is 12.4. The predicted octanol–water partition coefficient (Wildman–Crippen LogP) is 4.06. The Morgan fingerprint density at radius 3 is 2.74 bits per heavy atom. The van der Waals surface area contributed by atoms with Gasteiger partial charge in [0, 0.05) is 12.4 Å². The summed E-state index contributed by atoms with van der Waals surface area (Å²) in [6.07, 6.45) is 5.10. The van der Waals surface area contributed by atoms with Gasteiger partial charge in [0.05, 0.1) is 17.9 Å². The molecule has 3 rings (SSSR count). The summed E-state index contributed by atoms with van der Waals surface area (Å²) in [4.78, 5) is 16.5. The summed E-state index contributed by atoms with van der Waals surface area (Å²) in [6.45, 7) is 4.32. The molecule has 6 heteroatoms. The fourth-order valence-electron chi connectivity index (χ4n) is 2.68. The second-order valence-electron chi connectivity index (χ2n) is 6.19. The lowest BCUT2D eigenvalue weighted by Crippen LogP contribution is -2.10. The molecule has 0 radical (unpaired) electrons. The van der Waals surface area contributed by atoms with Crippen LogP contribution in [0.2, 0.25) is 0 Å². The fourth-order valence-corrected chi connectivity index (χ4v) is 2.68. The number of carbonyl (C=O) groups is 1. The Balaban J connectivity index is 1.55. The molecule has 0 aliphatic carbocycles. The highest BCUT2D eigenvalue weighted by molar-refractivity contribution is 5.92. The topological polar surface area (TPSA) is 74.5 Å². The molecule has 27 heavy (non-hydrogen) atoms. The van der Waals surface area contributed by atoms with Gasteiger partial charge in [-0.2, -0.15) is 0 Å². The first-order chi connectivity index (χ1) is 13.1. The lowest BCUT2D eigenvalue weighted by molar-refractivity contribution is 0.0495. The van der Waals surface area contributed by atoms with Gasteiger partial charge in [-0.1, -0.05) is 23.4 Å². The monoisotopic (exact) mass is 366 g/mol. The molecule has 0 bridgehead atoms. The molecule has 140 valence electrons. The Bertz CT molecular complexity index is 871. The van der Waals surface area contributed by atoms with E-state index in [2.05, 4.69) is 10.1 Å². The SMILES string of the molecule is Cc1noc(C)c1COc1ccccc1C(=O)OCCCc1cccnc1. The number of carbonyl (C=O) groups excluding carboxylic acids is 1. The van der Waals surface area contributed by atoms with Crippen LogP contribution in [0.3, 0.4) is 0 Å². The standard InChI is InChI=1S/C21H22N2O4/c1-15-19(16(2)27-23-15)14-26-20-10-4-3-9-18(20)21(24)25-12-6-8-17-7-5-11-22-13-17/h3-5,7,9-11,13H,6,8,12,14H2,1-2H3. The average molecular weight is 366 g/mol. The Morgan fingerprint density at radius 1 is 1.15 bits per heavy atom. The molecular weight excluding hydrogens is 344 g/mol. The van der Waals surface area contributed by atoms with Crippen LogP contribution in [-0.4, -0.2) is 22.7 Å². The van der Waals surface area contributed by atoms with Crippen molar-refractivity contribution in [2.24, 2.45) is 0 Å². The van der Waals surface area contributed by atoms with Crippen molar-refractivity contribution in [1.29, 1.82) is 0 Å². The maximum Gasteiger partial charge on any atom is 0.341 e. The van der Waals surface area contributed by atoms with E-state index in [9.17, 15) is 4.79 Å². The van der Waals surface area contributed by atoms with E-state index < -0.39 is 5.97 Å². The van der Waals surface area contributed by atoms with Gasteiger partial charge in [-0.25, -0.2) is 4.79 Å². The third kappa shape index (κ3) is 4.94. The molecule has 0 amide bonds. The van der Waals surface area contributed by atoms with Crippen molar-refractivity contribution in [2.45, 2.75) is 33.3 Å². The first-order valence-corrected chi connectivity index (χ1v) is 8.84. The summed E-state index contributed by atoms with van der Waals surface area (Å²) in [5, 5.41) is 3.91. The van der Waals surface area contributed by atoms with Gasteiger partial charge in [0.1, 0.15) is 23.7 Å². The Kier molecular flexibility index (Phi) is 6.20. The number of rotatable bonds is 8. The zero-order valence-corrected chi connectivity index (χ0v) is 15.5. The van der Waals surface area contributed by atoms with Crippen LogP contribution in [-0.2, 0) is 17.8 Å². The minimum Gasteiger partial charge on any atom is -0.488 e. The number of aromatic nitrogens is 2. The molecule has 2 heterocycles. The van der Waals surface area contributed by atoms with E-state index >= 15 is 0 Å². The molecule has 6 nitrogen and oxygen atoms in total. The number of nitrogens with zero attached hydrogens (tertiary/aromatic N) is 2. The predicted molar refractivity (Wildman–Crippen MR) is 99.6 cm³/mol. The van der Waals surface area contributed by atoms with Crippen LogP contribution in [0.1, 0.15) is 39.4 Å². The van der Waals surface area contributed by atoms with Crippen molar-refractivity contribution in [2.75, 3.05) is 6.61 Å². The van der Waals surface area contributed by atoms with E-state index in [1.165, 1.54) is 0 Å². The molecule has 0 aliphatic rings. The molecule has 0 aliphatic heterocycles. The highest BCUT2D eigenvalue weighted by atomic mass is 16.5.